The zero-order valence-electron chi connectivity index (χ0n) is 13.1. The van der Waals surface area contributed by atoms with Crippen molar-refractivity contribution < 1.29 is 24.2 Å². The SMILES string of the molecule is COc1ccc(Br)c(CC(=O)N2CC(OC)CC2CC(=O)O)c1. The van der Waals surface area contributed by atoms with E-state index in [-0.39, 0.29) is 30.9 Å². The first-order valence-electron chi connectivity index (χ1n) is 7.31. The van der Waals surface area contributed by atoms with Gasteiger partial charge in [0.05, 0.1) is 26.1 Å². The van der Waals surface area contributed by atoms with Crippen molar-refractivity contribution in [1.82, 2.24) is 4.90 Å². The monoisotopic (exact) mass is 385 g/mol. The number of carboxylic acids is 1. The number of rotatable bonds is 6. The largest absolute Gasteiger partial charge is 0.497 e. The van der Waals surface area contributed by atoms with Crippen LogP contribution in [0.25, 0.3) is 0 Å². The molecule has 0 aliphatic carbocycles. The Morgan fingerprint density at radius 1 is 1.39 bits per heavy atom. The van der Waals surface area contributed by atoms with Crippen LogP contribution in [0.3, 0.4) is 0 Å². The third-order valence-corrected chi connectivity index (χ3v) is 4.81. The van der Waals surface area contributed by atoms with Gasteiger partial charge in [-0.1, -0.05) is 15.9 Å². The molecule has 2 rings (SSSR count). The topological polar surface area (TPSA) is 76.1 Å². The van der Waals surface area contributed by atoms with Crippen molar-refractivity contribution in [2.75, 3.05) is 20.8 Å². The number of aliphatic carboxylic acids is 1. The number of benzene rings is 1. The smallest absolute Gasteiger partial charge is 0.305 e. The third kappa shape index (κ3) is 4.45. The maximum atomic E-state index is 12.6. The van der Waals surface area contributed by atoms with Crippen LogP contribution in [0.5, 0.6) is 5.75 Å². The van der Waals surface area contributed by atoms with Crippen LogP contribution in [0.15, 0.2) is 22.7 Å². The molecule has 23 heavy (non-hydrogen) atoms. The predicted molar refractivity (Wildman–Crippen MR) is 87.6 cm³/mol. The Labute approximate surface area is 143 Å². The molecule has 1 N–H and O–H groups in total. The molecule has 2 unspecified atom stereocenters. The molecule has 1 saturated heterocycles. The van der Waals surface area contributed by atoms with Crippen LogP contribution in [0.1, 0.15) is 18.4 Å². The van der Waals surface area contributed by atoms with Gasteiger partial charge in [-0.05, 0) is 30.2 Å². The molecule has 1 fully saturated rings. The van der Waals surface area contributed by atoms with E-state index in [2.05, 4.69) is 15.9 Å². The van der Waals surface area contributed by atoms with Crippen LogP contribution in [0.4, 0.5) is 0 Å². The first-order valence-corrected chi connectivity index (χ1v) is 8.10. The number of methoxy groups -OCH3 is 2. The van der Waals surface area contributed by atoms with E-state index in [0.717, 1.165) is 10.0 Å². The molecule has 7 heteroatoms. The van der Waals surface area contributed by atoms with Gasteiger partial charge in [-0.2, -0.15) is 0 Å². The zero-order valence-corrected chi connectivity index (χ0v) is 14.7. The molecule has 126 valence electrons. The minimum absolute atomic E-state index is 0.0646. The van der Waals surface area contributed by atoms with Gasteiger partial charge in [0.2, 0.25) is 5.91 Å². The first kappa shape index (κ1) is 17.7. The van der Waals surface area contributed by atoms with Gasteiger partial charge in [0, 0.05) is 24.2 Å². The number of ether oxygens (including phenoxy) is 2. The lowest BCUT2D eigenvalue weighted by Gasteiger charge is -2.23. The van der Waals surface area contributed by atoms with E-state index < -0.39 is 5.97 Å². The summed E-state index contributed by atoms with van der Waals surface area (Å²) in [4.78, 5) is 25.3. The second kappa shape index (κ2) is 7.79. The summed E-state index contributed by atoms with van der Waals surface area (Å²) in [7, 11) is 3.15. The highest BCUT2D eigenvalue weighted by molar-refractivity contribution is 9.10. The minimum Gasteiger partial charge on any atom is -0.497 e. The number of nitrogens with zero attached hydrogens (tertiary/aromatic N) is 1. The van der Waals surface area contributed by atoms with E-state index in [1.54, 1.807) is 25.2 Å². The van der Waals surface area contributed by atoms with Crippen LogP contribution < -0.4 is 4.74 Å². The molecule has 0 spiro atoms. The minimum atomic E-state index is -0.910. The number of hydrogen-bond acceptors (Lipinski definition) is 4. The highest BCUT2D eigenvalue weighted by Gasteiger charge is 2.36. The number of carbonyl (C=O) groups is 2. The second-order valence-corrected chi connectivity index (χ2v) is 6.38. The van der Waals surface area contributed by atoms with Crippen LogP contribution in [0.2, 0.25) is 0 Å². The normalized spacial score (nSPS) is 20.6. The van der Waals surface area contributed by atoms with Gasteiger partial charge in [0.15, 0.2) is 0 Å². The van der Waals surface area contributed by atoms with Crippen molar-refractivity contribution in [1.29, 1.82) is 0 Å². The Morgan fingerprint density at radius 2 is 2.13 bits per heavy atom. The fraction of sp³-hybridized carbons (Fsp3) is 0.500. The fourth-order valence-corrected chi connectivity index (χ4v) is 3.21. The summed E-state index contributed by atoms with van der Waals surface area (Å²) in [5.74, 6) is -0.342. The number of carboxylic acid groups (broad SMARTS) is 1. The Balaban J connectivity index is 2.13. The molecular formula is C16H20BrNO5. The molecule has 2 atom stereocenters. The lowest BCUT2D eigenvalue weighted by Crippen LogP contribution is -2.38. The predicted octanol–water partition coefficient (Wildman–Crippen LogP) is 2.09. The molecule has 6 nitrogen and oxygen atoms in total. The van der Waals surface area contributed by atoms with Crippen molar-refractivity contribution in [3.05, 3.63) is 28.2 Å². The van der Waals surface area contributed by atoms with Gasteiger partial charge in [0.1, 0.15) is 5.75 Å². The van der Waals surface area contributed by atoms with Gasteiger partial charge in [0.25, 0.3) is 0 Å². The number of amides is 1. The Morgan fingerprint density at radius 3 is 2.74 bits per heavy atom. The van der Waals surface area contributed by atoms with Crippen molar-refractivity contribution in [3.63, 3.8) is 0 Å². The molecule has 1 heterocycles. The molecule has 0 aromatic heterocycles. The Hall–Kier alpha value is -1.60. The summed E-state index contributed by atoms with van der Waals surface area (Å²) in [6, 6.07) is 5.12. The van der Waals surface area contributed by atoms with Gasteiger partial charge in [-0.3, -0.25) is 9.59 Å². The molecule has 0 saturated carbocycles. The van der Waals surface area contributed by atoms with Gasteiger partial charge < -0.3 is 19.5 Å². The van der Waals surface area contributed by atoms with Gasteiger partial charge in [-0.15, -0.1) is 0 Å². The maximum absolute atomic E-state index is 12.6. The van der Waals surface area contributed by atoms with E-state index in [9.17, 15) is 9.59 Å². The number of carbonyl (C=O) groups excluding carboxylic acids is 1. The lowest BCUT2D eigenvalue weighted by molar-refractivity contribution is -0.139. The van der Waals surface area contributed by atoms with E-state index in [0.29, 0.717) is 18.7 Å². The third-order valence-electron chi connectivity index (χ3n) is 4.03. The summed E-state index contributed by atoms with van der Waals surface area (Å²) in [6.07, 6.45) is 0.556. The second-order valence-electron chi connectivity index (χ2n) is 5.53. The zero-order chi connectivity index (χ0) is 17.0. The van der Waals surface area contributed by atoms with E-state index in [4.69, 9.17) is 14.6 Å². The lowest BCUT2D eigenvalue weighted by atomic mass is 10.1. The molecule has 0 bridgehead atoms. The van der Waals surface area contributed by atoms with Crippen LogP contribution in [-0.4, -0.2) is 54.8 Å². The highest BCUT2D eigenvalue weighted by atomic mass is 79.9. The van der Waals surface area contributed by atoms with E-state index >= 15 is 0 Å². The molecule has 1 aliphatic heterocycles. The molecule has 1 aromatic rings. The average Bonchev–Trinajstić information content (AvgIpc) is 2.91. The van der Waals surface area contributed by atoms with Crippen LogP contribution in [-0.2, 0) is 20.7 Å². The number of hydrogen-bond donors (Lipinski definition) is 1. The average molecular weight is 386 g/mol. The van der Waals surface area contributed by atoms with E-state index in [1.807, 2.05) is 12.1 Å². The van der Waals surface area contributed by atoms with Crippen molar-refractivity contribution in [3.8, 4) is 5.75 Å². The van der Waals surface area contributed by atoms with Crippen molar-refractivity contribution >= 4 is 27.8 Å². The van der Waals surface area contributed by atoms with E-state index in [1.165, 1.54) is 0 Å². The van der Waals surface area contributed by atoms with Gasteiger partial charge >= 0.3 is 5.97 Å². The Bertz CT molecular complexity index is 592. The van der Waals surface area contributed by atoms with Crippen LogP contribution >= 0.6 is 15.9 Å². The highest BCUT2D eigenvalue weighted by Crippen LogP contribution is 2.27. The number of halogens is 1. The summed E-state index contributed by atoms with van der Waals surface area (Å²) in [6.45, 7) is 0.425. The summed E-state index contributed by atoms with van der Waals surface area (Å²) in [5, 5.41) is 9.03. The number of likely N-dealkylation sites (tertiary alicyclic amines) is 1. The molecule has 0 radical (unpaired) electrons. The summed E-state index contributed by atoms with van der Waals surface area (Å²) in [5.41, 5.74) is 0.810. The first-order chi connectivity index (χ1) is 10.9. The quantitative estimate of drug-likeness (QED) is 0.811. The molecule has 1 aliphatic rings. The summed E-state index contributed by atoms with van der Waals surface area (Å²) >= 11 is 3.43. The summed E-state index contributed by atoms with van der Waals surface area (Å²) < 4.78 is 11.3. The van der Waals surface area contributed by atoms with Crippen molar-refractivity contribution in [2.24, 2.45) is 0 Å². The fourth-order valence-electron chi connectivity index (χ4n) is 2.82. The standard InChI is InChI=1S/C16H20BrNO5/c1-22-12-3-4-14(17)10(5-12)6-15(19)18-9-13(23-2)7-11(18)8-16(20)21/h3-5,11,13H,6-9H2,1-2H3,(H,20,21). The molecule has 1 amide bonds. The molecular weight excluding hydrogens is 366 g/mol. The van der Waals surface area contributed by atoms with Gasteiger partial charge in [-0.25, -0.2) is 0 Å². The van der Waals surface area contributed by atoms with Crippen molar-refractivity contribution in [2.45, 2.75) is 31.4 Å². The van der Waals surface area contributed by atoms with Crippen LogP contribution in [0, 0.1) is 0 Å². The maximum Gasteiger partial charge on any atom is 0.305 e. The molecule has 1 aromatic carbocycles. The Kier molecular flexibility index (Phi) is 6.01.